The number of aryl methyl sites for hydroxylation is 1. The van der Waals surface area contributed by atoms with Crippen molar-refractivity contribution >= 4 is 42.4 Å². The maximum absolute atomic E-state index is 13.1. The monoisotopic (exact) mass is 449 g/mol. The van der Waals surface area contributed by atoms with E-state index in [9.17, 15) is 17.6 Å². The highest BCUT2D eigenvalue weighted by molar-refractivity contribution is 7.92. The number of carbonyl (C=O) groups excluding carboxylic acids is 1. The van der Waals surface area contributed by atoms with Crippen molar-refractivity contribution in [2.45, 2.75) is 18.2 Å². The molecule has 0 N–H and O–H groups in total. The van der Waals surface area contributed by atoms with Crippen LogP contribution in [0.15, 0.2) is 47.4 Å². The quantitative estimate of drug-likeness (QED) is 0.492. The van der Waals surface area contributed by atoms with Gasteiger partial charge in [0.05, 0.1) is 15.1 Å². The third-order valence-electron chi connectivity index (χ3n) is 4.61. The minimum absolute atomic E-state index is 0.0781. The van der Waals surface area contributed by atoms with E-state index in [0.717, 1.165) is 34.5 Å². The molecule has 2 aromatic carbocycles. The van der Waals surface area contributed by atoms with Gasteiger partial charge >= 0.3 is 0 Å². The molecule has 0 aliphatic heterocycles. The Morgan fingerprint density at radius 1 is 1.10 bits per heavy atom. The second-order valence-corrected chi connectivity index (χ2v) is 10.3. The van der Waals surface area contributed by atoms with Gasteiger partial charge < -0.3 is 4.90 Å². The van der Waals surface area contributed by atoms with Crippen LogP contribution in [0.2, 0.25) is 0 Å². The summed E-state index contributed by atoms with van der Waals surface area (Å²) in [6, 6.07) is 10.3. The second-order valence-electron chi connectivity index (χ2n) is 7.33. The lowest BCUT2D eigenvalue weighted by Crippen LogP contribution is -2.37. The lowest BCUT2D eigenvalue weighted by atomic mass is 10.2. The number of benzene rings is 2. The Bertz CT molecular complexity index is 1140. The van der Waals surface area contributed by atoms with Gasteiger partial charge in [-0.2, -0.15) is 0 Å². The Hall–Kier alpha value is -2.36. The fourth-order valence-electron chi connectivity index (χ4n) is 3.03. The van der Waals surface area contributed by atoms with Crippen LogP contribution in [0.25, 0.3) is 10.2 Å². The predicted molar refractivity (Wildman–Crippen MR) is 118 cm³/mol. The van der Waals surface area contributed by atoms with Gasteiger partial charge in [-0.1, -0.05) is 23.5 Å². The fourth-order valence-corrected chi connectivity index (χ4v) is 5.31. The molecule has 6 nitrogen and oxygen atoms in total. The number of amides is 1. The van der Waals surface area contributed by atoms with Crippen LogP contribution in [0.3, 0.4) is 0 Å². The van der Waals surface area contributed by atoms with Gasteiger partial charge in [0, 0.05) is 6.54 Å². The first-order valence-corrected chi connectivity index (χ1v) is 11.9. The summed E-state index contributed by atoms with van der Waals surface area (Å²) in [6.45, 7) is 3.05. The van der Waals surface area contributed by atoms with Crippen LogP contribution in [-0.2, 0) is 14.6 Å². The molecule has 0 aliphatic carbocycles. The molecule has 0 unspecified atom stereocenters. The lowest BCUT2D eigenvalue weighted by Gasteiger charge is -2.21. The van der Waals surface area contributed by atoms with E-state index < -0.39 is 27.3 Å². The number of carbonyl (C=O) groups is 1. The van der Waals surface area contributed by atoms with Crippen molar-refractivity contribution in [1.82, 2.24) is 9.88 Å². The van der Waals surface area contributed by atoms with Gasteiger partial charge in [0.1, 0.15) is 11.6 Å². The summed E-state index contributed by atoms with van der Waals surface area (Å²) in [5.74, 6) is -1.78. The Balaban J connectivity index is 1.89. The maximum atomic E-state index is 13.1. The van der Waals surface area contributed by atoms with Crippen molar-refractivity contribution in [2.24, 2.45) is 0 Å². The van der Waals surface area contributed by atoms with Gasteiger partial charge in [-0.15, -0.1) is 0 Å². The third-order valence-corrected chi connectivity index (χ3v) is 7.28. The molecule has 3 aromatic rings. The Morgan fingerprint density at radius 2 is 1.80 bits per heavy atom. The molecular weight excluding hydrogens is 425 g/mol. The zero-order chi connectivity index (χ0) is 21.9. The van der Waals surface area contributed by atoms with Gasteiger partial charge in [-0.3, -0.25) is 9.69 Å². The average molecular weight is 450 g/mol. The molecule has 1 amide bonds. The van der Waals surface area contributed by atoms with E-state index in [1.54, 1.807) is 0 Å². The maximum Gasteiger partial charge on any atom is 0.244 e. The third kappa shape index (κ3) is 5.21. The number of sulfone groups is 1. The number of fused-ring (bicyclic) bond motifs is 1. The number of rotatable bonds is 8. The minimum atomic E-state index is -3.90. The van der Waals surface area contributed by atoms with E-state index >= 15 is 0 Å². The first kappa shape index (κ1) is 22.3. The Labute approximate surface area is 179 Å². The van der Waals surface area contributed by atoms with Gasteiger partial charge in [0.2, 0.25) is 5.91 Å². The molecule has 30 heavy (non-hydrogen) atoms. The van der Waals surface area contributed by atoms with Crippen LogP contribution in [0, 0.1) is 12.7 Å². The van der Waals surface area contributed by atoms with Gasteiger partial charge in [0.15, 0.2) is 15.0 Å². The molecule has 0 bridgehead atoms. The summed E-state index contributed by atoms with van der Waals surface area (Å²) in [5.41, 5.74) is 1.80. The number of para-hydroxylation sites is 1. The van der Waals surface area contributed by atoms with Gasteiger partial charge in [-0.05, 0) is 69.9 Å². The van der Waals surface area contributed by atoms with E-state index in [1.165, 1.54) is 28.4 Å². The number of thiazole rings is 1. The van der Waals surface area contributed by atoms with Crippen molar-refractivity contribution in [3.05, 3.63) is 53.8 Å². The van der Waals surface area contributed by atoms with E-state index in [4.69, 9.17) is 0 Å². The first-order valence-electron chi connectivity index (χ1n) is 9.47. The standard InChI is InChI=1S/C21H24FN3O3S2/c1-15-6-4-7-18-20(15)23-21(29-18)25(13-5-12-24(2)3)19(26)14-30(27,28)17-10-8-16(22)9-11-17/h4,6-11H,5,12-14H2,1-3H3. The molecule has 9 heteroatoms. The molecule has 0 fully saturated rings. The van der Waals surface area contributed by atoms with E-state index in [0.29, 0.717) is 18.1 Å². The molecule has 0 atom stereocenters. The second kappa shape index (κ2) is 9.20. The van der Waals surface area contributed by atoms with Crippen molar-refractivity contribution < 1.29 is 17.6 Å². The minimum Gasteiger partial charge on any atom is -0.309 e. The molecule has 1 aromatic heterocycles. The highest BCUT2D eigenvalue weighted by Crippen LogP contribution is 2.31. The van der Waals surface area contributed by atoms with Crippen molar-refractivity contribution in [1.29, 1.82) is 0 Å². The van der Waals surface area contributed by atoms with Crippen LogP contribution in [0.1, 0.15) is 12.0 Å². The predicted octanol–water partition coefficient (Wildman–Crippen LogP) is 3.50. The van der Waals surface area contributed by atoms with Crippen molar-refractivity contribution in [2.75, 3.05) is 37.8 Å². The van der Waals surface area contributed by atoms with E-state index in [-0.39, 0.29) is 4.90 Å². The van der Waals surface area contributed by atoms with Crippen molar-refractivity contribution in [3.63, 3.8) is 0 Å². The van der Waals surface area contributed by atoms with Crippen LogP contribution in [-0.4, -0.2) is 57.1 Å². The van der Waals surface area contributed by atoms with Crippen molar-refractivity contribution in [3.8, 4) is 0 Å². The number of halogens is 1. The molecule has 0 saturated carbocycles. The fraction of sp³-hybridized carbons (Fsp3) is 0.333. The number of anilines is 1. The smallest absolute Gasteiger partial charge is 0.244 e. The SMILES string of the molecule is Cc1cccc2sc(N(CCCN(C)C)C(=O)CS(=O)(=O)c3ccc(F)cc3)nc12. The zero-order valence-electron chi connectivity index (χ0n) is 17.1. The molecule has 0 spiro atoms. The number of hydrogen-bond donors (Lipinski definition) is 0. The highest BCUT2D eigenvalue weighted by atomic mass is 32.2. The molecule has 1 heterocycles. The van der Waals surface area contributed by atoms with Crippen LogP contribution >= 0.6 is 11.3 Å². The average Bonchev–Trinajstić information content (AvgIpc) is 3.10. The summed E-state index contributed by atoms with van der Waals surface area (Å²) < 4.78 is 39.5. The van der Waals surface area contributed by atoms with Crippen LogP contribution in [0.4, 0.5) is 9.52 Å². The van der Waals surface area contributed by atoms with Crippen LogP contribution < -0.4 is 4.90 Å². The summed E-state index contributed by atoms with van der Waals surface area (Å²) >= 11 is 1.37. The molecule has 3 rings (SSSR count). The van der Waals surface area contributed by atoms with E-state index in [2.05, 4.69) is 4.98 Å². The summed E-state index contributed by atoms with van der Waals surface area (Å²) in [7, 11) is -0.0269. The van der Waals surface area contributed by atoms with Gasteiger partial charge in [0.25, 0.3) is 0 Å². The molecule has 0 saturated heterocycles. The number of hydrogen-bond acceptors (Lipinski definition) is 6. The summed E-state index contributed by atoms with van der Waals surface area (Å²) in [6.07, 6.45) is 0.671. The highest BCUT2D eigenvalue weighted by Gasteiger charge is 2.26. The number of nitrogens with zero attached hydrogens (tertiary/aromatic N) is 3. The summed E-state index contributed by atoms with van der Waals surface area (Å²) in [5, 5.41) is 0.484. The lowest BCUT2D eigenvalue weighted by molar-refractivity contribution is -0.116. The molecule has 0 radical (unpaired) electrons. The Kier molecular flexibility index (Phi) is 6.84. The Morgan fingerprint density at radius 3 is 2.43 bits per heavy atom. The first-order chi connectivity index (χ1) is 14.2. The van der Waals surface area contributed by atoms with E-state index in [1.807, 2.05) is 44.1 Å². The number of aromatic nitrogens is 1. The molecule has 0 aliphatic rings. The summed E-state index contributed by atoms with van der Waals surface area (Å²) in [4.78, 5) is 21.0. The normalized spacial score (nSPS) is 11.9. The zero-order valence-corrected chi connectivity index (χ0v) is 18.8. The molecular formula is C21H24FN3O3S2. The molecule has 160 valence electrons. The topological polar surface area (TPSA) is 70.6 Å². The largest absolute Gasteiger partial charge is 0.309 e. The van der Waals surface area contributed by atoms with Gasteiger partial charge in [-0.25, -0.2) is 17.8 Å². The van der Waals surface area contributed by atoms with Crippen LogP contribution in [0.5, 0.6) is 0 Å².